The maximum absolute atomic E-state index is 8.89. The van der Waals surface area contributed by atoms with Crippen molar-refractivity contribution in [3.8, 4) is 0 Å². The van der Waals surface area contributed by atoms with E-state index < -0.39 is 5.97 Å². The summed E-state index contributed by atoms with van der Waals surface area (Å²) in [5.41, 5.74) is 0. The van der Waals surface area contributed by atoms with Crippen LogP contribution >= 0.6 is 0 Å². The van der Waals surface area contributed by atoms with E-state index >= 15 is 0 Å². The molecule has 43 valence electrons. The Hall–Kier alpha value is -0.570. The highest BCUT2D eigenvalue weighted by Gasteiger charge is 1.66. The SMILES string of the molecule is CCO.[CH2]C(=O)O. The minimum Gasteiger partial charge on any atom is -0.481 e. The first-order chi connectivity index (χ1) is 3.15. The zero-order chi connectivity index (χ0) is 6.28. The second-order valence-electron chi connectivity index (χ2n) is 0.710. The fourth-order valence-electron chi connectivity index (χ4n) is 0. The minimum absolute atomic E-state index is 0.250. The lowest BCUT2D eigenvalue weighted by Gasteiger charge is -1.58. The maximum atomic E-state index is 8.89. The van der Waals surface area contributed by atoms with Gasteiger partial charge in [-0.2, -0.15) is 0 Å². The second-order valence-corrected chi connectivity index (χ2v) is 0.710. The van der Waals surface area contributed by atoms with Gasteiger partial charge in [0.15, 0.2) is 0 Å². The van der Waals surface area contributed by atoms with Crippen molar-refractivity contribution in [1.29, 1.82) is 0 Å². The largest absolute Gasteiger partial charge is 0.481 e. The summed E-state index contributed by atoms with van der Waals surface area (Å²) in [6.45, 7) is 4.49. The number of carbonyl (C=O) groups is 1. The van der Waals surface area contributed by atoms with E-state index in [9.17, 15) is 0 Å². The van der Waals surface area contributed by atoms with Crippen molar-refractivity contribution < 1.29 is 15.0 Å². The predicted octanol–water partition coefficient (Wildman–Crippen LogP) is -0.0963. The van der Waals surface area contributed by atoms with E-state index in [1.165, 1.54) is 0 Å². The van der Waals surface area contributed by atoms with Gasteiger partial charge in [0.1, 0.15) is 0 Å². The standard InChI is InChI=1S/C2H3O2.C2H6O/c1-2(3)4;1-2-3/h1H2,(H,3,4);3H,2H2,1H3. The zero-order valence-corrected chi connectivity index (χ0v) is 4.22. The molecule has 0 atom stereocenters. The first-order valence-corrected chi connectivity index (χ1v) is 1.80. The highest BCUT2D eigenvalue weighted by Crippen LogP contribution is 1.40. The summed E-state index contributed by atoms with van der Waals surface area (Å²) >= 11 is 0. The number of hydrogen-bond donors (Lipinski definition) is 2. The third-order valence-corrected chi connectivity index (χ3v) is 0. The number of hydrogen-bond acceptors (Lipinski definition) is 2. The van der Waals surface area contributed by atoms with Crippen LogP contribution in [-0.4, -0.2) is 22.8 Å². The number of aliphatic hydroxyl groups excluding tert-OH is 1. The Morgan fingerprint density at radius 2 is 1.86 bits per heavy atom. The van der Waals surface area contributed by atoms with Crippen LogP contribution in [0.4, 0.5) is 0 Å². The van der Waals surface area contributed by atoms with Crippen LogP contribution in [0.5, 0.6) is 0 Å². The van der Waals surface area contributed by atoms with Gasteiger partial charge in [-0.15, -0.1) is 0 Å². The van der Waals surface area contributed by atoms with Gasteiger partial charge in [-0.1, -0.05) is 0 Å². The van der Waals surface area contributed by atoms with Crippen LogP contribution in [0.3, 0.4) is 0 Å². The van der Waals surface area contributed by atoms with Gasteiger partial charge in [-0.05, 0) is 6.92 Å². The molecule has 0 saturated heterocycles. The molecule has 0 saturated carbocycles. The first-order valence-electron chi connectivity index (χ1n) is 1.80. The number of aliphatic hydroxyl groups is 1. The molecule has 0 aromatic carbocycles. The molecule has 0 aliphatic carbocycles. The predicted molar refractivity (Wildman–Crippen MR) is 25.8 cm³/mol. The highest BCUT2D eigenvalue weighted by atomic mass is 16.4. The van der Waals surface area contributed by atoms with Gasteiger partial charge in [0, 0.05) is 6.61 Å². The Morgan fingerprint density at radius 3 is 1.86 bits per heavy atom. The number of carboxylic acid groups (broad SMARTS) is 1. The Morgan fingerprint density at radius 1 is 1.86 bits per heavy atom. The monoisotopic (exact) mass is 105 g/mol. The van der Waals surface area contributed by atoms with E-state index in [0.29, 0.717) is 0 Å². The van der Waals surface area contributed by atoms with Gasteiger partial charge in [-0.25, -0.2) is 0 Å². The lowest BCUT2D eigenvalue weighted by Crippen LogP contribution is -1.79. The van der Waals surface area contributed by atoms with Crippen LogP contribution < -0.4 is 0 Å². The molecule has 7 heavy (non-hydrogen) atoms. The van der Waals surface area contributed by atoms with Crippen LogP contribution in [0.2, 0.25) is 0 Å². The molecular formula is C4H9O3. The van der Waals surface area contributed by atoms with E-state index in [1.54, 1.807) is 6.92 Å². The fourth-order valence-corrected chi connectivity index (χ4v) is 0. The molecule has 1 radical (unpaired) electrons. The van der Waals surface area contributed by atoms with Gasteiger partial charge in [0.25, 0.3) is 0 Å². The average molecular weight is 105 g/mol. The number of carboxylic acids is 1. The molecule has 0 fully saturated rings. The van der Waals surface area contributed by atoms with Crippen LogP contribution in [0.15, 0.2) is 0 Å². The van der Waals surface area contributed by atoms with E-state index in [4.69, 9.17) is 15.0 Å². The van der Waals surface area contributed by atoms with Gasteiger partial charge in [0.2, 0.25) is 0 Å². The molecule has 0 aliphatic heterocycles. The van der Waals surface area contributed by atoms with Gasteiger partial charge in [-0.3, -0.25) is 4.79 Å². The lowest BCUT2D eigenvalue weighted by atomic mass is 10.9. The molecule has 0 spiro atoms. The van der Waals surface area contributed by atoms with Crippen molar-refractivity contribution in [1.82, 2.24) is 0 Å². The molecule has 3 nitrogen and oxygen atoms in total. The fraction of sp³-hybridized carbons (Fsp3) is 0.500. The maximum Gasteiger partial charge on any atom is 0.303 e. The number of rotatable bonds is 0. The van der Waals surface area contributed by atoms with Crippen LogP contribution in [0.1, 0.15) is 6.92 Å². The summed E-state index contributed by atoms with van der Waals surface area (Å²) in [5, 5.41) is 14.9. The summed E-state index contributed by atoms with van der Waals surface area (Å²) in [6.07, 6.45) is 0. The van der Waals surface area contributed by atoms with Gasteiger partial charge >= 0.3 is 5.97 Å². The molecule has 0 unspecified atom stereocenters. The summed E-state index contributed by atoms with van der Waals surface area (Å²) in [6, 6.07) is 0. The third kappa shape index (κ3) is 197. The topological polar surface area (TPSA) is 57.5 Å². The Kier molecular flexibility index (Phi) is 12.5. The molecule has 0 amide bonds. The van der Waals surface area contributed by atoms with Crippen molar-refractivity contribution in [3.05, 3.63) is 6.92 Å². The molecule has 0 aromatic heterocycles. The summed E-state index contributed by atoms with van der Waals surface area (Å²) < 4.78 is 0. The highest BCUT2D eigenvalue weighted by molar-refractivity contribution is 5.71. The molecule has 3 heteroatoms. The van der Waals surface area contributed by atoms with Gasteiger partial charge in [0.05, 0.1) is 6.92 Å². The molecule has 0 bridgehead atoms. The summed E-state index contributed by atoms with van der Waals surface area (Å²) in [5.74, 6) is -1.08. The lowest BCUT2D eigenvalue weighted by molar-refractivity contribution is -0.131. The minimum atomic E-state index is -1.08. The molecular weight excluding hydrogens is 96.0 g/mol. The van der Waals surface area contributed by atoms with Gasteiger partial charge < -0.3 is 10.2 Å². The molecule has 0 aliphatic rings. The van der Waals surface area contributed by atoms with Crippen molar-refractivity contribution >= 4 is 5.97 Å². The van der Waals surface area contributed by atoms with E-state index in [1.807, 2.05) is 0 Å². The molecule has 0 rings (SSSR count). The van der Waals surface area contributed by atoms with Crippen molar-refractivity contribution in [2.24, 2.45) is 0 Å². The summed E-state index contributed by atoms with van der Waals surface area (Å²) in [4.78, 5) is 8.89. The van der Waals surface area contributed by atoms with E-state index in [0.717, 1.165) is 0 Å². The third-order valence-electron chi connectivity index (χ3n) is 0. The zero-order valence-electron chi connectivity index (χ0n) is 4.22. The van der Waals surface area contributed by atoms with Crippen LogP contribution in [-0.2, 0) is 4.79 Å². The Bertz CT molecular complexity index is 38.2. The summed E-state index contributed by atoms with van der Waals surface area (Å²) in [7, 11) is 0. The van der Waals surface area contributed by atoms with E-state index in [2.05, 4.69) is 6.92 Å². The second kappa shape index (κ2) is 9.06. The molecule has 0 heterocycles. The number of aliphatic carboxylic acids is 1. The van der Waals surface area contributed by atoms with Crippen LogP contribution in [0, 0.1) is 6.92 Å². The van der Waals surface area contributed by atoms with Crippen molar-refractivity contribution in [3.63, 3.8) is 0 Å². The quantitative estimate of drug-likeness (QED) is 0.452. The normalized spacial score (nSPS) is 6.14. The Balaban J connectivity index is 0. The first kappa shape index (κ1) is 9.66. The van der Waals surface area contributed by atoms with Crippen LogP contribution in [0.25, 0.3) is 0 Å². The Labute approximate surface area is 42.6 Å². The molecule has 2 N–H and O–H groups in total. The molecule has 0 aromatic rings. The van der Waals surface area contributed by atoms with E-state index in [-0.39, 0.29) is 6.61 Å². The average Bonchev–Trinajstić information content (AvgIpc) is 1.33. The van der Waals surface area contributed by atoms with Crippen molar-refractivity contribution in [2.45, 2.75) is 6.92 Å². The van der Waals surface area contributed by atoms with Crippen molar-refractivity contribution in [2.75, 3.05) is 6.61 Å². The smallest absolute Gasteiger partial charge is 0.303 e.